The molecule has 92 valence electrons. The Labute approximate surface area is 104 Å². The van der Waals surface area contributed by atoms with Gasteiger partial charge in [-0.3, -0.25) is 0 Å². The Kier molecular flexibility index (Phi) is 4.69. The predicted octanol–water partition coefficient (Wildman–Crippen LogP) is 1.42. The number of sulfonamides is 1. The summed E-state index contributed by atoms with van der Waals surface area (Å²) in [5, 5.41) is 0. The number of hydrogen-bond acceptors (Lipinski definition) is 5. The molecule has 0 bridgehead atoms. The third-order valence-electron chi connectivity index (χ3n) is 1.94. The van der Waals surface area contributed by atoms with Crippen LogP contribution in [0, 0.1) is 6.92 Å². The van der Waals surface area contributed by atoms with Gasteiger partial charge in [-0.05, 0) is 13.8 Å². The third kappa shape index (κ3) is 3.39. The van der Waals surface area contributed by atoms with Crippen molar-refractivity contribution in [2.45, 2.75) is 24.2 Å². The number of methoxy groups -OCH3 is 1. The van der Waals surface area contributed by atoms with Crippen LogP contribution >= 0.6 is 22.9 Å². The van der Waals surface area contributed by atoms with E-state index in [1.807, 2.05) is 0 Å². The molecule has 8 heteroatoms. The molecule has 1 N–H and O–H groups in total. The van der Waals surface area contributed by atoms with E-state index in [1.165, 1.54) is 7.11 Å². The van der Waals surface area contributed by atoms with Crippen molar-refractivity contribution in [1.29, 1.82) is 0 Å². The van der Waals surface area contributed by atoms with Crippen LogP contribution in [0.4, 0.5) is 0 Å². The first-order valence-electron chi connectivity index (χ1n) is 4.52. The number of rotatable bonds is 5. The molecule has 0 radical (unpaired) electrons. The number of thiazole rings is 1. The van der Waals surface area contributed by atoms with Crippen molar-refractivity contribution in [1.82, 2.24) is 9.71 Å². The molecule has 5 nitrogen and oxygen atoms in total. The summed E-state index contributed by atoms with van der Waals surface area (Å²) in [6.45, 7) is 3.60. The maximum absolute atomic E-state index is 11.8. The summed E-state index contributed by atoms with van der Waals surface area (Å²) in [5.74, 6) is 0. The van der Waals surface area contributed by atoms with Gasteiger partial charge in [0.05, 0.1) is 11.8 Å². The smallest absolute Gasteiger partial charge is 0.252 e. The lowest BCUT2D eigenvalue weighted by Gasteiger charge is -2.10. The molecule has 1 atom stereocenters. The van der Waals surface area contributed by atoms with Gasteiger partial charge < -0.3 is 4.74 Å². The van der Waals surface area contributed by atoms with Crippen LogP contribution in [0.25, 0.3) is 0 Å². The molecular weight excluding hydrogens is 272 g/mol. The SMILES string of the molecule is COC(C)CNS(=O)(=O)c1sc(Cl)nc1C. The average Bonchev–Trinajstić information content (AvgIpc) is 2.55. The fourth-order valence-corrected chi connectivity index (χ4v) is 3.87. The summed E-state index contributed by atoms with van der Waals surface area (Å²) in [4.78, 5) is 3.86. The van der Waals surface area contributed by atoms with Gasteiger partial charge in [-0.2, -0.15) is 0 Å². The minimum absolute atomic E-state index is 0.154. The highest BCUT2D eigenvalue weighted by atomic mass is 35.5. The van der Waals surface area contributed by atoms with E-state index in [9.17, 15) is 8.42 Å². The van der Waals surface area contributed by atoms with Gasteiger partial charge in [-0.1, -0.05) is 22.9 Å². The van der Waals surface area contributed by atoms with E-state index in [0.717, 1.165) is 11.3 Å². The third-order valence-corrected chi connectivity index (χ3v) is 5.23. The molecule has 0 aromatic carbocycles. The first kappa shape index (κ1) is 13.9. The van der Waals surface area contributed by atoms with E-state index < -0.39 is 10.0 Å². The van der Waals surface area contributed by atoms with Crippen LogP contribution in [0.1, 0.15) is 12.6 Å². The second kappa shape index (κ2) is 5.42. The van der Waals surface area contributed by atoms with Gasteiger partial charge in [0, 0.05) is 13.7 Å². The summed E-state index contributed by atoms with van der Waals surface area (Å²) in [5.41, 5.74) is 0.410. The standard InChI is InChI=1S/C8H13ClN2O3S2/c1-5(14-3)4-10-16(12,13)7-6(2)11-8(9)15-7/h5,10H,4H2,1-3H3. The largest absolute Gasteiger partial charge is 0.380 e. The van der Waals surface area contributed by atoms with Gasteiger partial charge in [0.25, 0.3) is 10.0 Å². The van der Waals surface area contributed by atoms with Crippen molar-refractivity contribution in [2.24, 2.45) is 0 Å². The highest BCUT2D eigenvalue weighted by Crippen LogP contribution is 2.26. The maximum atomic E-state index is 11.8. The lowest BCUT2D eigenvalue weighted by atomic mass is 10.4. The first-order valence-corrected chi connectivity index (χ1v) is 7.20. The minimum Gasteiger partial charge on any atom is -0.380 e. The number of nitrogens with zero attached hydrogens (tertiary/aromatic N) is 1. The maximum Gasteiger partial charge on any atom is 0.252 e. The Morgan fingerprint density at radius 1 is 1.62 bits per heavy atom. The molecule has 0 amide bonds. The second-order valence-corrected chi connectivity index (χ2v) is 6.78. The van der Waals surface area contributed by atoms with E-state index in [1.54, 1.807) is 13.8 Å². The van der Waals surface area contributed by atoms with Crippen LogP contribution in [0.15, 0.2) is 4.21 Å². The normalized spacial score (nSPS) is 14.0. The molecule has 0 fully saturated rings. The first-order chi connectivity index (χ1) is 7.36. The molecule has 16 heavy (non-hydrogen) atoms. The number of aryl methyl sites for hydroxylation is 1. The predicted molar refractivity (Wildman–Crippen MR) is 63.5 cm³/mol. The van der Waals surface area contributed by atoms with E-state index in [4.69, 9.17) is 16.3 Å². The monoisotopic (exact) mass is 284 g/mol. The van der Waals surface area contributed by atoms with E-state index >= 15 is 0 Å². The van der Waals surface area contributed by atoms with Gasteiger partial charge in [0.2, 0.25) is 0 Å². The number of aromatic nitrogens is 1. The van der Waals surface area contributed by atoms with Crippen molar-refractivity contribution in [3.63, 3.8) is 0 Å². The summed E-state index contributed by atoms with van der Waals surface area (Å²) >= 11 is 6.60. The van der Waals surface area contributed by atoms with Crippen molar-refractivity contribution < 1.29 is 13.2 Å². The molecule has 0 saturated carbocycles. The van der Waals surface area contributed by atoms with Gasteiger partial charge >= 0.3 is 0 Å². The van der Waals surface area contributed by atoms with Crippen molar-refractivity contribution in [3.8, 4) is 0 Å². The quantitative estimate of drug-likeness (QED) is 0.888. The molecule has 0 saturated heterocycles. The van der Waals surface area contributed by atoms with Crippen molar-refractivity contribution in [2.75, 3.05) is 13.7 Å². The van der Waals surface area contributed by atoms with Crippen molar-refractivity contribution in [3.05, 3.63) is 10.2 Å². The zero-order chi connectivity index (χ0) is 12.3. The van der Waals surface area contributed by atoms with E-state index in [-0.39, 0.29) is 21.3 Å². The molecule has 0 aliphatic heterocycles. The van der Waals surface area contributed by atoms with Crippen LogP contribution < -0.4 is 4.72 Å². The summed E-state index contributed by atoms with van der Waals surface area (Å²) in [6, 6.07) is 0. The Morgan fingerprint density at radius 3 is 2.69 bits per heavy atom. The fraction of sp³-hybridized carbons (Fsp3) is 0.625. The van der Waals surface area contributed by atoms with Crippen LogP contribution in [0.5, 0.6) is 0 Å². The topological polar surface area (TPSA) is 68.3 Å². The van der Waals surface area contributed by atoms with E-state index in [0.29, 0.717) is 5.69 Å². The Balaban J connectivity index is 2.82. The number of halogens is 1. The fourth-order valence-electron chi connectivity index (χ4n) is 0.976. The van der Waals surface area contributed by atoms with E-state index in [2.05, 4.69) is 9.71 Å². The highest BCUT2D eigenvalue weighted by molar-refractivity contribution is 7.91. The van der Waals surface area contributed by atoms with Gasteiger partial charge in [0.1, 0.15) is 0 Å². The Morgan fingerprint density at radius 2 is 2.25 bits per heavy atom. The Bertz CT molecular complexity index is 458. The Hall–Kier alpha value is -0.210. The van der Waals surface area contributed by atoms with Gasteiger partial charge in [-0.15, -0.1) is 0 Å². The molecule has 0 spiro atoms. The van der Waals surface area contributed by atoms with Crippen LogP contribution in [0.3, 0.4) is 0 Å². The second-order valence-electron chi connectivity index (χ2n) is 3.24. The van der Waals surface area contributed by atoms with Crippen molar-refractivity contribution >= 4 is 33.0 Å². The highest BCUT2D eigenvalue weighted by Gasteiger charge is 2.21. The molecule has 0 aliphatic carbocycles. The summed E-state index contributed by atoms with van der Waals surface area (Å²) in [6.07, 6.45) is -0.182. The number of nitrogens with one attached hydrogen (secondary N) is 1. The lowest BCUT2D eigenvalue weighted by Crippen LogP contribution is -2.31. The van der Waals surface area contributed by atoms with Crippen LogP contribution in [-0.2, 0) is 14.8 Å². The summed E-state index contributed by atoms with van der Waals surface area (Å²) < 4.78 is 31.4. The molecule has 1 heterocycles. The minimum atomic E-state index is -3.53. The van der Waals surface area contributed by atoms with Gasteiger partial charge in [0.15, 0.2) is 8.68 Å². The molecule has 1 aromatic heterocycles. The number of ether oxygens (including phenoxy) is 1. The molecule has 1 rings (SSSR count). The summed E-state index contributed by atoms with van der Waals surface area (Å²) in [7, 11) is -2.01. The molecule has 1 aromatic rings. The van der Waals surface area contributed by atoms with Crippen LogP contribution in [-0.4, -0.2) is 33.2 Å². The molecule has 1 unspecified atom stereocenters. The molecular formula is C8H13ClN2O3S2. The average molecular weight is 285 g/mol. The zero-order valence-electron chi connectivity index (χ0n) is 9.15. The number of hydrogen-bond donors (Lipinski definition) is 1. The van der Waals surface area contributed by atoms with Gasteiger partial charge in [-0.25, -0.2) is 18.1 Å². The zero-order valence-corrected chi connectivity index (χ0v) is 11.5. The van der Waals surface area contributed by atoms with Crippen LogP contribution in [0.2, 0.25) is 4.47 Å². The molecule has 0 aliphatic rings. The lowest BCUT2D eigenvalue weighted by molar-refractivity contribution is 0.122.